The lowest BCUT2D eigenvalue weighted by molar-refractivity contribution is 0.178. The summed E-state index contributed by atoms with van der Waals surface area (Å²) in [6.45, 7) is 1.83. The van der Waals surface area contributed by atoms with Gasteiger partial charge in [0.2, 0.25) is 15.9 Å². The first kappa shape index (κ1) is 19.7. The van der Waals surface area contributed by atoms with Gasteiger partial charge in [0.15, 0.2) is 5.82 Å². The van der Waals surface area contributed by atoms with E-state index in [2.05, 4.69) is 10.1 Å². The summed E-state index contributed by atoms with van der Waals surface area (Å²) in [7, 11) is -3.47. The van der Waals surface area contributed by atoms with E-state index in [9.17, 15) is 16.8 Å². The third-order valence-corrected chi connectivity index (χ3v) is 8.12. The summed E-state index contributed by atoms with van der Waals surface area (Å²) in [5, 5.41) is 4.04. The highest BCUT2D eigenvalue weighted by Gasteiger charge is 2.38. The van der Waals surface area contributed by atoms with E-state index in [-0.39, 0.29) is 11.8 Å². The number of piperidine rings is 1. The predicted molar refractivity (Wildman–Crippen MR) is 94.1 cm³/mol. The molecule has 12 heteroatoms. The van der Waals surface area contributed by atoms with Gasteiger partial charge in [-0.15, -0.1) is 0 Å². The average molecular weight is 408 g/mol. The van der Waals surface area contributed by atoms with Crippen molar-refractivity contribution in [3.05, 3.63) is 11.7 Å². The molecule has 10 nitrogen and oxygen atoms in total. The molecule has 0 atom stereocenters. The summed E-state index contributed by atoms with van der Waals surface area (Å²) < 4.78 is 56.5. The molecule has 2 saturated heterocycles. The van der Waals surface area contributed by atoms with Crippen LogP contribution >= 0.6 is 0 Å². The third-order valence-electron chi connectivity index (χ3n) is 4.95. The van der Waals surface area contributed by atoms with E-state index in [1.807, 2.05) is 0 Å². The van der Waals surface area contributed by atoms with Gasteiger partial charge in [0.1, 0.15) is 0 Å². The molecular formula is C14H25N5O5S2. The van der Waals surface area contributed by atoms with Gasteiger partial charge in [-0.3, -0.25) is 0 Å². The van der Waals surface area contributed by atoms with Crippen molar-refractivity contribution in [3.63, 3.8) is 0 Å². The Morgan fingerprint density at radius 2 is 1.73 bits per heavy atom. The van der Waals surface area contributed by atoms with Crippen molar-refractivity contribution in [1.29, 1.82) is 0 Å². The number of hydrogen-bond acceptors (Lipinski definition) is 7. The van der Waals surface area contributed by atoms with Crippen molar-refractivity contribution in [2.24, 2.45) is 5.92 Å². The first-order valence-electron chi connectivity index (χ1n) is 8.52. The summed E-state index contributed by atoms with van der Waals surface area (Å²) in [5.74, 6) is 1.39. The van der Waals surface area contributed by atoms with E-state index in [4.69, 9.17) is 4.52 Å². The maximum absolute atomic E-state index is 12.0. The summed E-state index contributed by atoms with van der Waals surface area (Å²) in [6.07, 6.45) is 3.11. The van der Waals surface area contributed by atoms with E-state index < -0.39 is 20.2 Å². The van der Waals surface area contributed by atoms with Crippen LogP contribution in [0.2, 0.25) is 0 Å². The normalized spacial score (nSPS) is 22.0. The molecule has 26 heavy (non-hydrogen) atoms. The molecule has 0 aromatic carbocycles. The van der Waals surface area contributed by atoms with Gasteiger partial charge < -0.3 is 4.52 Å². The van der Waals surface area contributed by atoms with Crippen LogP contribution < -0.4 is 0 Å². The molecule has 0 aliphatic carbocycles. The van der Waals surface area contributed by atoms with Gasteiger partial charge in [0.25, 0.3) is 10.2 Å². The first-order chi connectivity index (χ1) is 12.1. The van der Waals surface area contributed by atoms with Crippen molar-refractivity contribution in [3.8, 4) is 0 Å². The van der Waals surface area contributed by atoms with Gasteiger partial charge in [-0.2, -0.15) is 22.0 Å². The second-order valence-corrected chi connectivity index (χ2v) is 11.3. The molecular weight excluding hydrogens is 382 g/mol. The Morgan fingerprint density at radius 1 is 1.12 bits per heavy atom. The molecule has 1 aromatic heterocycles. The van der Waals surface area contributed by atoms with E-state index in [0.29, 0.717) is 57.2 Å². The molecule has 3 rings (SSSR count). The second kappa shape index (κ2) is 7.15. The SMILES string of the molecule is CN(C)S(=O)(=O)N1CC(Cc2nc(C3CCN(S(C)(=O)=O)CC3)no2)C1. The highest BCUT2D eigenvalue weighted by molar-refractivity contribution is 7.88. The Morgan fingerprint density at radius 3 is 2.27 bits per heavy atom. The molecule has 0 amide bonds. The minimum atomic E-state index is -3.35. The first-order valence-corrected chi connectivity index (χ1v) is 11.8. The zero-order valence-corrected chi connectivity index (χ0v) is 16.8. The van der Waals surface area contributed by atoms with E-state index in [1.165, 1.54) is 33.3 Å². The van der Waals surface area contributed by atoms with Crippen LogP contribution in [0, 0.1) is 5.92 Å². The molecule has 1 aromatic rings. The molecule has 0 radical (unpaired) electrons. The van der Waals surface area contributed by atoms with Crippen LogP contribution in [-0.4, -0.2) is 86.4 Å². The Labute approximate surface area is 154 Å². The van der Waals surface area contributed by atoms with Gasteiger partial charge in [-0.25, -0.2) is 12.7 Å². The van der Waals surface area contributed by atoms with Crippen molar-refractivity contribution in [1.82, 2.24) is 23.1 Å². The van der Waals surface area contributed by atoms with Crippen LogP contribution in [0.25, 0.3) is 0 Å². The van der Waals surface area contributed by atoms with Crippen LogP contribution in [0.5, 0.6) is 0 Å². The van der Waals surface area contributed by atoms with Crippen LogP contribution in [-0.2, 0) is 26.7 Å². The molecule has 2 aliphatic rings. The minimum absolute atomic E-state index is 0.0949. The van der Waals surface area contributed by atoms with E-state index in [1.54, 1.807) is 0 Å². The molecule has 0 unspecified atom stereocenters. The second-order valence-electron chi connectivity index (χ2n) is 7.16. The fourth-order valence-corrected chi connectivity index (χ4v) is 5.41. The quantitative estimate of drug-likeness (QED) is 0.623. The molecule has 0 N–H and O–H groups in total. The average Bonchev–Trinajstić information content (AvgIpc) is 2.98. The maximum atomic E-state index is 12.0. The monoisotopic (exact) mass is 407 g/mol. The Bertz CT molecular complexity index is 837. The predicted octanol–water partition coefficient (Wildman–Crippen LogP) is -0.511. The van der Waals surface area contributed by atoms with Crippen molar-refractivity contribution >= 4 is 20.2 Å². The highest BCUT2D eigenvalue weighted by Crippen LogP contribution is 2.28. The summed E-state index contributed by atoms with van der Waals surface area (Å²) in [4.78, 5) is 4.44. The molecule has 148 valence electrons. The van der Waals surface area contributed by atoms with Gasteiger partial charge in [-0.05, 0) is 18.8 Å². The topological polar surface area (TPSA) is 117 Å². The summed E-state index contributed by atoms with van der Waals surface area (Å²) >= 11 is 0. The maximum Gasteiger partial charge on any atom is 0.281 e. The molecule has 0 saturated carbocycles. The van der Waals surface area contributed by atoms with Crippen LogP contribution in [0.1, 0.15) is 30.5 Å². The fourth-order valence-electron chi connectivity index (χ4n) is 3.28. The molecule has 2 fully saturated rings. The summed E-state index contributed by atoms with van der Waals surface area (Å²) in [5.41, 5.74) is 0. The Kier molecular flexibility index (Phi) is 5.41. The smallest absolute Gasteiger partial charge is 0.281 e. The lowest BCUT2D eigenvalue weighted by atomic mass is 9.97. The lowest BCUT2D eigenvalue weighted by Crippen LogP contribution is -2.54. The number of sulfonamides is 1. The lowest BCUT2D eigenvalue weighted by Gasteiger charge is -2.38. The number of nitrogens with zero attached hydrogens (tertiary/aromatic N) is 5. The highest BCUT2D eigenvalue weighted by atomic mass is 32.2. The summed E-state index contributed by atoms with van der Waals surface area (Å²) in [6, 6.07) is 0. The van der Waals surface area contributed by atoms with E-state index >= 15 is 0 Å². The van der Waals surface area contributed by atoms with Gasteiger partial charge in [0.05, 0.1) is 6.26 Å². The van der Waals surface area contributed by atoms with Gasteiger partial charge in [-0.1, -0.05) is 5.16 Å². The number of aromatic nitrogens is 2. The molecule has 0 bridgehead atoms. The number of rotatable bonds is 6. The van der Waals surface area contributed by atoms with Gasteiger partial charge >= 0.3 is 0 Å². The van der Waals surface area contributed by atoms with Crippen LogP contribution in [0.4, 0.5) is 0 Å². The molecule has 3 heterocycles. The minimum Gasteiger partial charge on any atom is -0.339 e. The molecule has 0 spiro atoms. The van der Waals surface area contributed by atoms with Crippen LogP contribution in [0.3, 0.4) is 0 Å². The van der Waals surface area contributed by atoms with Crippen molar-refractivity contribution in [2.45, 2.75) is 25.2 Å². The fraction of sp³-hybridized carbons (Fsp3) is 0.857. The van der Waals surface area contributed by atoms with Gasteiger partial charge in [0, 0.05) is 52.6 Å². The largest absolute Gasteiger partial charge is 0.339 e. The number of hydrogen-bond donors (Lipinski definition) is 0. The molecule has 2 aliphatic heterocycles. The Balaban J connectivity index is 1.51. The standard InChI is InChI=1S/C14H25N5O5S2/c1-17(2)26(22,23)19-9-11(10-19)8-13-15-14(16-24-13)12-4-6-18(7-5-12)25(3,20)21/h11-12H,4-10H2,1-3H3. The zero-order chi connectivity index (χ0) is 19.1. The third kappa shape index (κ3) is 4.09. The van der Waals surface area contributed by atoms with Crippen molar-refractivity contribution < 1.29 is 21.4 Å². The Hall–Kier alpha value is -1.08. The van der Waals surface area contributed by atoms with Crippen LogP contribution in [0.15, 0.2) is 4.52 Å². The van der Waals surface area contributed by atoms with Crippen molar-refractivity contribution in [2.75, 3.05) is 46.5 Å². The van der Waals surface area contributed by atoms with E-state index in [0.717, 1.165) is 0 Å². The zero-order valence-electron chi connectivity index (χ0n) is 15.2.